The summed E-state index contributed by atoms with van der Waals surface area (Å²) >= 11 is 0. The molecule has 0 saturated heterocycles. The predicted molar refractivity (Wildman–Crippen MR) is 71.9 cm³/mol. The molecule has 0 radical (unpaired) electrons. The molecule has 108 valence electrons. The van der Waals surface area contributed by atoms with E-state index in [-0.39, 0.29) is 22.7 Å². The van der Waals surface area contributed by atoms with Crippen LogP contribution in [0.2, 0.25) is 0 Å². The molecule has 0 N–H and O–H groups in total. The Kier molecular flexibility index (Phi) is 4.53. The second-order valence-electron chi connectivity index (χ2n) is 4.39. The second kappa shape index (κ2) is 6.18. The molecule has 0 bridgehead atoms. The Morgan fingerprint density at radius 1 is 0.952 bits per heavy atom. The molecular formula is C16H12BrF2NO. The summed E-state index contributed by atoms with van der Waals surface area (Å²) in [6, 6.07) is 11.2. The van der Waals surface area contributed by atoms with Crippen LogP contribution in [0.25, 0.3) is 16.5 Å². The highest BCUT2D eigenvalue weighted by atomic mass is 79.9. The van der Waals surface area contributed by atoms with Crippen molar-refractivity contribution in [2.45, 2.75) is 0 Å². The van der Waals surface area contributed by atoms with Crippen LogP contribution in [0.1, 0.15) is 0 Å². The minimum Gasteiger partial charge on any atom is -1.00 e. The third-order valence-corrected chi connectivity index (χ3v) is 3.20. The summed E-state index contributed by atoms with van der Waals surface area (Å²) in [5.41, 5.74) is -0.0969. The van der Waals surface area contributed by atoms with Crippen molar-refractivity contribution >= 4 is 10.8 Å². The highest BCUT2D eigenvalue weighted by Crippen LogP contribution is 2.24. The quantitative estimate of drug-likeness (QED) is 0.609. The Morgan fingerprint density at radius 3 is 2.29 bits per heavy atom. The average molecular weight is 352 g/mol. The van der Waals surface area contributed by atoms with E-state index in [0.29, 0.717) is 5.75 Å². The smallest absolute Gasteiger partial charge is 0.282 e. The number of nitrogens with zero attached hydrogens (tertiary/aromatic N) is 1. The van der Waals surface area contributed by atoms with E-state index >= 15 is 0 Å². The monoisotopic (exact) mass is 351 g/mol. The van der Waals surface area contributed by atoms with E-state index in [4.69, 9.17) is 4.74 Å². The lowest BCUT2D eigenvalue weighted by atomic mass is 10.1. The van der Waals surface area contributed by atoms with Gasteiger partial charge in [-0.3, -0.25) is 0 Å². The molecule has 0 atom stereocenters. The summed E-state index contributed by atoms with van der Waals surface area (Å²) in [6.07, 6.45) is 3.29. The molecule has 0 fully saturated rings. The van der Waals surface area contributed by atoms with E-state index in [0.717, 1.165) is 10.8 Å². The maximum absolute atomic E-state index is 13.8. The van der Waals surface area contributed by atoms with Crippen LogP contribution >= 0.6 is 0 Å². The number of benzene rings is 2. The highest BCUT2D eigenvalue weighted by Gasteiger charge is 2.19. The number of rotatable bonds is 2. The molecule has 0 aliphatic heterocycles. The van der Waals surface area contributed by atoms with Gasteiger partial charge in [-0.05, 0) is 23.6 Å². The first-order chi connectivity index (χ1) is 9.70. The zero-order chi connectivity index (χ0) is 14.1. The minimum atomic E-state index is -0.607. The lowest BCUT2D eigenvalue weighted by molar-refractivity contribution is -0.598. The molecule has 0 spiro atoms. The molecule has 0 aliphatic carbocycles. The topological polar surface area (TPSA) is 13.1 Å². The van der Waals surface area contributed by atoms with E-state index in [9.17, 15) is 8.78 Å². The van der Waals surface area contributed by atoms with E-state index in [2.05, 4.69) is 0 Å². The summed E-state index contributed by atoms with van der Waals surface area (Å²) in [5.74, 6) is -0.554. The number of hydrogen-bond acceptors (Lipinski definition) is 1. The van der Waals surface area contributed by atoms with Crippen molar-refractivity contribution in [1.29, 1.82) is 0 Å². The molecule has 2 nitrogen and oxygen atoms in total. The summed E-state index contributed by atoms with van der Waals surface area (Å²) in [7, 11) is 1.57. The molecular weight excluding hydrogens is 340 g/mol. The third-order valence-electron chi connectivity index (χ3n) is 3.20. The first-order valence-corrected chi connectivity index (χ1v) is 6.13. The third kappa shape index (κ3) is 2.74. The second-order valence-corrected chi connectivity index (χ2v) is 4.39. The summed E-state index contributed by atoms with van der Waals surface area (Å²) in [5, 5.41) is 1.73. The van der Waals surface area contributed by atoms with Crippen molar-refractivity contribution in [3.8, 4) is 11.4 Å². The standard InChI is InChI=1S/C16H12F2NO.BrH/c1-20-15-7-2-4-11-8-9-19(10-12(11)15)16-13(17)5-3-6-14(16)18;/h2-10H,1H3;1H/q+1;/p-1. The largest absolute Gasteiger partial charge is 1.00 e. The van der Waals surface area contributed by atoms with Gasteiger partial charge in [0.15, 0.2) is 24.0 Å². The fraction of sp³-hybridized carbons (Fsp3) is 0.0625. The van der Waals surface area contributed by atoms with Crippen molar-refractivity contribution in [2.24, 2.45) is 0 Å². The lowest BCUT2D eigenvalue weighted by Crippen LogP contribution is -3.00. The number of aromatic nitrogens is 1. The van der Waals surface area contributed by atoms with Crippen LogP contribution < -0.4 is 26.3 Å². The van der Waals surface area contributed by atoms with Crippen LogP contribution in [0.15, 0.2) is 54.9 Å². The Bertz CT molecular complexity index is 772. The van der Waals surface area contributed by atoms with E-state index in [1.54, 1.807) is 25.6 Å². The van der Waals surface area contributed by atoms with Gasteiger partial charge in [-0.2, -0.15) is 13.3 Å². The molecule has 3 rings (SSSR count). The Morgan fingerprint density at radius 2 is 1.62 bits per heavy atom. The van der Waals surface area contributed by atoms with Crippen molar-refractivity contribution in [3.05, 3.63) is 66.5 Å². The van der Waals surface area contributed by atoms with Gasteiger partial charge < -0.3 is 21.7 Å². The van der Waals surface area contributed by atoms with Gasteiger partial charge in [-0.25, -0.2) is 0 Å². The average Bonchev–Trinajstić information content (AvgIpc) is 2.46. The molecule has 0 unspecified atom stereocenters. The van der Waals surface area contributed by atoms with E-state index in [1.807, 2.05) is 18.2 Å². The number of ether oxygens (including phenoxy) is 1. The SMILES string of the molecule is COc1cccc2cc[n+](-c3c(F)cccc3F)cc12.[Br-]. The van der Waals surface area contributed by atoms with Gasteiger partial charge in [-0.15, -0.1) is 0 Å². The number of para-hydroxylation sites is 1. The molecule has 3 aromatic rings. The van der Waals surface area contributed by atoms with Gasteiger partial charge in [0, 0.05) is 6.07 Å². The van der Waals surface area contributed by atoms with E-state index in [1.165, 1.54) is 22.8 Å². The van der Waals surface area contributed by atoms with Crippen LogP contribution in [0.5, 0.6) is 5.75 Å². The maximum Gasteiger partial charge on any atom is 0.282 e. The van der Waals surface area contributed by atoms with E-state index < -0.39 is 11.6 Å². The number of fused-ring (bicyclic) bond motifs is 1. The zero-order valence-corrected chi connectivity index (χ0v) is 12.8. The van der Waals surface area contributed by atoms with Crippen molar-refractivity contribution in [3.63, 3.8) is 0 Å². The number of pyridine rings is 1. The first kappa shape index (κ1) is 15.4. The fourth-order valence-corrected chi connectivity index (χ4v) is 2.24. The minimum absolute atomic E-state index is 0. The number of halogens is 3. The zero-order valence-electron chi connectivity index (χ0n) is 11.2. The van der Waals surface area contributed by atoms with Crippen LogP contribution in [-0.2, 0) is 0 Å². The van der Waals surface area contributed by atoms with Crippen LogP contribution in [0.4, 0.5) is 8.78 Å². The molecule has 2 aromatic carbocycles. The van der Waals surface area contributed by atoms with Crippen LogP contribution in [0, 0.1) is 11.6 Å². The Hall–Kier alpha value is -2.01. The fourth-order valence-electron chi connectivity index (χ4n) is 2.24. The van der Waals surface area contributed by atoms with Gasteiger partial charge in [0.25, 0.3) is 5.69 Å². The molecule has 0 saturated carbocycles. The van der Waals surface area contributed by atoms with Gasteiger partial charge >= 0.3 is 0 Å². The molecule has 0 amide bonds. The lowest BCUT2D eigenvalue weighted by Gasteiger charge is -2.05. The van der Waals surface area contributed by atoms with Gasteiger partial charge in [0.05, 0.1) is 12.5 Å². The first-order valence-electron chi connectivity index (χ1n) is 6.13. The maximum atomic E-state index is 13.8. The summed E-state index contributed by atoms with van der Waals surface area (Å²) < 4.78 is 34.4. The van der Waals surface area contributed by atoms with Crippen molar-refractivity contribution < 1.29 is 35.1 Å². The van der Waals surface area contributed by atoms with Crippen molar-refractivity contribution in [1.82, 2.24) is 0 Å². The number of hydrogen-bond donors (Lipinski definition) is 0. The molecule has 1 heterocycles. The Labute approximate surface area is 131 Å². The van der Waals surface area contributed by atoms with Gasteiger partial charge in [0.2, 0.25) is 0 Å². The van der Waals surface area contributed by atoms with Gasteiger partial charge in [0.1, 0.15) is 5.75 Å². The van der Waals surface area contributed by atoms with Crippen LogP contribution in [-0.4, -0.2) is 7.11 Å². The normalized spacial score (nSPS) is 10.2. The van der Waals surface area contributed by atoms with Gasteiger partial charge in [-0.1, -0.05) is 18.2 Å². The molecule has 5 heteroatoms. The molecule has 21 heavy (non-hydrogen) atoms. The predicted octanol–water partition coefficient (Wildman–Crippen LogP) is 0.407. The summed E-state index contributed by atoms with van der Waals surface area (Å²) in [6.45, 7) is 0. The number of methoxy groups -OCH3 is 1. The molecule has 0 aliphatic rings. The molecule has 1 aromatic heterocycles. The summed E-state index contributed by atoms with van der Waals surface area (Å²) in [4.78, 5) is 0. The van der Waals surface area contributed by atoms with Crippen molar-refractivity contribution in [2.75, 3.05) is 7.11 Å². The Balaban J connectivity index is 0.00000161. The van der Waals surface area contributed by atoms with Crippen LogP contribution in [0.3, 0.4) is 0 Å². The highest BCUT2D eigenvalue weighted by molar-refractivity contribution is 5.86.